The smallest absolute Gasteiger partial charge is 0.459 e. The molecule has 1 aliphatic heterocycles. The minimum atomic E-state index is -4.56. The summed E-state index contributed by atoms with van der Waals surface area (Å²) in [6, 6.07) is 13.9. The third-order valence-electron chi connectivity index (χ3n) is 9.65. The number of nitriles is 1. The van der Waals surface area contributed by atoms with Gasteiger partial charge in [-0.15, -0.1) is 0 Å². The predicted molar refractivity (Wildman–Crippen MR) is 197 cm³/mol. The van der Waals surface area contributed by atoms with Crippen molar-refractivity contribution in [1.29, 1.82) is 5.26 Å². The highest BCUT2D eigenvalue weighted by molar-refractivity contribution is 7.52. The van der Waals surface area contributed by atoms with E-state index < -0.39 is 74.1 Å². The number of anilines is 1. The molecule has 1 aromatic carbocycles. The third kappa shape index (κ3) is 9.41. The second kappa shape index (κ2) is 17.3. The van der Waals surface area contributed by atoms with Gasteiger partial charge in [0, 0.05) is 6.20 Å². The molecule has 1 saturated heterocycles. The molecule has 1 saturated carbocycles. The highest BCUT2D eigenvalue weighted by Gasteiger charge is 2.62. The number of esters is 3. The lowest BCUT2D eigenvalue weighted by Crippen LogP contribution is -2.50. The van der Waals surface area contributed by atoms with Crippen molar-refractivity contribution < 1.29 is 46.9 Å². The summed E-state index contributed by atoms with van der Waals surface area (Å²) in [5.74, 6) is -2.30. The van der Waals surface area contributed by atoms with Gasteiger partial charge in [0.15, 0.2) is 12.2 Å². The van der Waals surface area contributed by atoms with Crippen LogP contribution in [0.5, 0.6) is 5.75 Å². The van der Waals surface area contributed by atoms with Crippen LogP contribution in [0.25, 0.3) is 5.52 Å². The lowest BCUT2D eigenvalue weighted by atomic mass is 9.83. The van der Waals surface area contributed by atoms with Crippen LogP contribution < -0.4 is 15.3 Å². The van der Waals surface area contributed by atoms with E-state index in [2.05, 4.69) is 23.2 Å². The fourth-order valence-corrected chi connectivity index (χ4v) is 7.86. The number of aromatic nitrogens is 2. The highest BCUT2D eigenvalue weighted by Crippen LogP contribution is 2.50. The van der Waals surface area contributed by atoms with Crippen LogP contribution in [0.4, 0.5) is 5.69 Å². The second-order valence-corrected chi connectivity index (χ2v) is 16.4. The Bertz CT molecular complexity index is 1870. The van der Waals surface area contributed by atoms with Gasteiger partial charge in [-0.05, 0) is 61.9 Å². The fraction of sp³-hybridized carbons (Fsp3) is 0.553. The van der Waals surface area contributed by atoms with Crippen LogP contribution in [-0.4, -0.2) is 64.6 Å². The summed E-state index contributed by atoms with van der Waals surface area (Å²) in [5.41, 5.74) is 5.19. The number of hydrogen-bond donors (Lipinski definition) is 2. The normalized spacial score (nSPS) is 25.8. The molecule has 3 heterocycles. The molecule has 1 aliphatic carbocycles. The van der Waals surface area contributed by atoms with Gasteiger partial charge in [-0.3, -0.25) is 18.9 Å². The standard InChI is InChI=1S/C38H50N5O10P/c1-23(2)35(44)50-33-32(31-17-16-30-29(40)18-19-41-43(30)31)52-38(21-39,34(33)51-36(45)24(3)4)22-49-54(47,53-28-10-8-7-9-11-28)42-26(6)37(46)48-20-27-14-12-25(5)13-15-27/h7-11,16-19,23-27,32-34H,12-15,20,22,40H2,1-6H3,(H,42,47)/t25-,26-,27-,32-,33-,34-,38+,54?/m0/s1. The van der Waals surface area contributed by atoms with Gasteiger partial charge in [0.2, 0.25) is 5.60 Å². The van der Waals surface area contributed by atoms with Crippen LogP contribution in [0.1, 0.15) is 79.0 Å². The summed E-state index contributed by atoms with van der Waals surface area (Å²) in [6.45, 7) is 9.52. The molecule has 3 aromatic rings. The van der Waals surface area contributed by atoms with Crippen molar-refractivity contribution in [3.63, 3.8) is 0 Å². The first-order valence-electron chi connectivity index (χ1n) is 18.3. The number of ether oxygens (including phenoxy) is 4. The average molecular weight is 768 g/mol. The zero-order chi connectivity index (χ0) is 39.2. The Labute approximate surface area is 315 Å². The maximum absolute atomic E-state index is 14.6. The monoisotopic (exact) mass is 767 g/mol. The summed E-state index contributed by atoms with van der Waals surface area (Å²) in [6.07, 6.45) is 1.24. The van der Waals surface area contributed by atoms with Gasteiger partial charge in [0.1, 0.15) is 30.6 Å². The molecule has 2 aliphatic rings. The van der Waals surface area contributed by atoms with Gasteiger partial charge >= 0.3 is 25.7 Å². The predicted octanol–water partition coefficient (Wildman–Crippen LogP) is 5.94. The minimum absolute atomic E-state index is 0.135. The first-order valence-corrected chi connectivity index (χ1v) is 19.9. The molecule has 2 fully saturated rings. The molecule has 0 spiro atoms. The van der Waals surface area contributed by atoms with Crippen molar-refractivity contribution >= 4 is 36.9 Å². The van der Waals surface area contributed by atoms with E-state index >= 15 is 0 Å². The summed E-state index contributed by atoms with van der Waals surface area (Å²) in [4.78, 5) is 39.6. The molecule has 6 atom stereocenters. The number of carbonyl (C=O) groups excluding carboxylic acids is 3. The Hall–Kier alpha value is -4.48. The molecule has 54 heavy (non-hydrogen) atoms. The van der Waals surface area contributed by atoms with Gasteiger partial charge in [-0.25, -0.2) is 9.08 Å². The Balaban J connectivity index is 1.48. The van der Waals surface area contributed by atoms with E-state index in [0.717, 1.165) is 25.7 Å². The second-order valence-electron chi connectivity index (χ2n) is 14.7. The summed E-state index contributed by atoms with van der Waals surface area (Å²) >= 11 is 0. The van der Waals surface area contributed by atoms with E-state index in [-0.39, 0.29) is 18.3 Å². The number of carbonyl (C=O) groups is 3. The number of nitrogen functional groups attached to an aromatic ring is 1. The molecule has 292 valence electrons. The first kappa shape index (κ1) is 40.7. The Morgan fingerprint density at radius 2 is 1.67 bits per heavy atom. The Morgan fingerprint density at radius 3 is 2.31 bits per heavy atom. The maximum Gasteiger partial charge on any atom is 0.459 e. The molecular formula is C38H50N5O10P. The van der Waals surface area contributed by atoms with E-state index in [4.69, 9.17) is 33.7 Å². The SMILES string of the molecule is CC(C)C(=O)O[C@H]1[C@H](c2ccc3c(N)ccnn23)O[C@](C#N)(COP(=O)(N[C@@H](C)C(=O)OC[C@H]2CC[C@H](C)CC2)Oc2ccccc2)[C@H]1OC(=O)C(C)C. The largest absolute Gasteiger partial charge is 0.464 e. The molecule has 0 radical (unpaired) electrons. The van der Waals surface area contributed by atoms with Gasteiger partial charge < -0.3 is 29.2 Å². The number of nitrogens with zero attached hydrogens (tertiary/aromatic N) is 3. The van der Waals surface area contributed by atoms with Gasteiger partial charge in [-0.2, -0.15) is 15.4 Å². The van der Waals surface area contributed by atoms with Crippen LogP contribution in [0, 0.1) is 35.0 Å². The fourth-order valence-electron chi connectivity index (χ4n) is 6.34. The minimum Gasteiger partial charge on any atom is -0.464 e. The number of nitrogens with two attached hydrogens (primary N) is 1. The van der Waals surface area contributed by atoms with Gasteiger partial charge in [0.25, 0.3) is 0 Å². The molecule has 16 heteroatoms. The molecular weight excluding hydrogens is 717 g/mol. The number of nitrogens with one attached hydrogen (secondary N) is 1. The Morgan fingerprint density at radius 1 is 1.00 bits per heavy atom. The van der Waals surface area contributed by atoms with Gasteiger partial charge in [-0.1, -0.05) is 65.7 Å². The first-order chi connectivity index (χ1) is 25.6. The van der Waals surface area contributed by atoms with Crippen LogP contribution in [0.2, 0.25) is 0 Å². The van der Waals surface area contributed by atoms with Crippen LogP contribution >= 0.6 is 7.75 Å². The number of hydrogen-bond acceptors (Lipinski definition) is 13. The van der Waals surface area contributed by atoms with Crippen molar-refractivity contribution in [2.24, 2.45) is 23.7 Å². The lowest BCUT2D eigenvalue weighted by molar-refractivity contribution is -0.173. The van der Waals surface area contributed by atoms with E-state index in [1.807, 2.05) is 0 Å². The molecule has 15 nitrogen and oxygen atoms in total. The lowest BCUT2D eigenvalue weighted by Gasteiger charge is -2.31. The van der Waals surface area contributed by atoms with Crippen molar-refractivity contribution in [3.05, 3.63) is 60.4 Å². The molecule has 0 amide bonds. The zero-order valence-corrected chi connectivity index (χ0v) is 32.4. The quantitative estimate of drug-likeness (QED) is 0.105. The van der Waals surface area contributed by atoms with Crippen molar-refractivity contribution in [2.75, 3.05) is 18.9 Å². The van der Waals surface area contributed by atoms with Gasteiger partial charge in [0.05, 0.1) is 35.3 Å². The van der Waals surface area contributed by atoms with E-state index in [1.165, 1.54) is 29.8 Å². The van der Waals surface area contributed by atoms with Crippen LogP contribution in [-0.2, 0) is 42.4 Å². The van der Waals surface area contributed by atoms with E-state index in [9.17, 15) is 24.2 Å². The molecule has 2 aromatic heterocycles. The molecule has 0 bridgehead atoms. The van der Waals surface area contributed by atoms with Crippen molar-refractivity contribution in [3.8, 4) is 11.8 Å². The number of rotatable bonds is 15. The topological polar surface area (TPSA) is 203 Å². The third-order valence-corrected chi connectivity index (χ3v) is 11.3. The van der Waals surface area contributed by atoms with Crippen LogP contribution in [0.3, 0.4) is 0 Å². The van der Waals surface area contributed by atoms with E-state index in [0.29, 0.717) is 22.8 Å². The highest BCUT2D eigenvalue weighted by atomic mass is 31.2. The summed E-state index contributed by atoms with van der Waals surface area (Å²) < 4.78 is 51.8. The number of benzene rings is 1. The summed E-state index contributed by atoms with van der Waals surface area (Å²) in [7, 11) is -4.56. The maximum atomic E-state index is 14.6. The van der Waals surface area contributed by atoms with Crippen molar-refractivity contribution in [1.82, 2.24) is 14.7 Å². The average Bonchev–Trinajstić information content (AvgIpc) is 3.70. The summed E-state index contributed by atoms with van der Waals surface area (Å²) in [5, 5.41) is 17.9. The molecule has 1 unspecified atom stereocenters. The zero-order valence-electron chi connectivity index (χ0n) is 31.5. The van der Waals surface area contributed by atoms with Crippen LogP contribution in [0.15, 0.2) is 54.7 Å². The number of para-hydroxylation sites is 1. The number of fused-ring (bicyclic) bond motifs is 1. The van der Waals surface area contributed by atoms with Crippen molar-refractivity contribution in [2.45, 2.75) is 97.2 Å². The van der Waals surface area contributed by atoms with E-state index in [1.54, 1.807) is 64.1 Å². The molecule has 5 rings (SSSR count). The Kier molecular flexibility index (Phi) is 13.1. The molecule has 3 N–H and O–H groups in total.